The van der Waals surface area contributed by atoms with Crippen molar-refractivity contribution in [3.05, 3.63) is 55.1 Å². The maximum Gasteiger partial charge on any atom is 0.572 e. The number of nitrogens with one attached hydrogen (secondary N) is 1. The molecule has 0 unspecified atom stereocenters. The average Bonchev–Trinajstić information content (AvgIpc) is 2.72. The van der Waals surface area contributed by atoms with Crippen LogP contribution in [0.2, 0.25) is 0 Å². The van der Waals surface area contributed by atoms with Gasteiger partial charge in [0.1, 0.15) is 23.7 Å². The van der Waals surface area contributed by atoms with E-state index in [9.17, 15) is 18.0 Å². The van der Waals surface area contributed by atoms with Crippen molar-refractivity contribution >= 4 is 23.1 Å². The molecule has 0 atom stereocenters. The molecule has 0 radical (unpaired) electrons. The number of carbonyl (C=O) groups is 1. The number of halogens is 3. The number of carbonyl (C=O) groups excluding carboxylic acids is 1. The molecule has 0 aromatic carbocycles. The number of hydrogen-bond donors (Lipinski definition) is 2. The fourth-order valence-electron chi connectivity index (χ4n) is 3.22. The Morgan fingerprint density at radius 1 is 1.29 bits per heavy atom. The van der Waals surface area contributed by atoms with Crippen LogP contribution in [0.3, 0.4) is 0 Å². The third kappa shape index (κ3) is 7.16. The summed E-state index contributed by atoms with van der Waals surface area (Å²) < 4.78 is 40.9. The van der Waals surface area contributed by atoms with Gasteiger partial charge in [-0.1, -0.05) is 25.3 Å². The SMILES string of the molecule is C=CC(=O)N1CCC(CNc2ncnc(N)c2/C(C=C)=C/C=C(\C)OC(F)(F)F)CC1. The Balaban J connectivity index is 2.13. The number of ether oxygens (including phenoxy) is 1. The summed E-state index contributed by atoms with van der Waals surface area (Å²) >= 11 is 0. The van der Waals surface area contributed by atoms with E-state index in [2.05, 4.69) is 33.2 Å². The van der Waals surface area contributed by atoms with Crippen LogP contribution in [0.15, 0.2) is 49.5 Å². The molecule has 1 fully saturated rings. The number of amides is 1. The Kier molecular flexibility index (Phi) is 8.23. The van der Waals surface area contributed by atoms with Gasteiger partial charge in [-0.25, -0.2) is 9.97 Å². The largest absolute Gasteiger partial charge is 0.572 e. The second-order valence-electron chi connectivity index (χ2n) is 6.99. The topological polar surface area (TPSA) is 93.4 Å². The van der Waals surface area contributed by atoms with Gasteiger partial charge in [0.2, 0.25) is 5.91 Å². The Hall–Kier alpha value is -3.30. The van der Waals surface area contributed by atoms with Crippen LogP contribution >= 0.6 is 0 Å². The van der Waals surface area contributed by atoms with Gasteiger partial charge >= 0.3 is 6.36 Å². The van der Waals surface area contributed by atoms with Crippen molar-refractivity contribution < 1.29 is 22.7 Å². The second kappa shape index (κ2) is 10.6. The lowest BCUT2D eigenvalue weighted by molar-refractivity contribution is -0.305. The summed E-state index contributed by atoms with van der Waals surface area (Å²) in [5, 5.41) is 3.25. The number of nitrogens with zero attached hydrogens (tertiary/aromatic N) is 3. The molecular formula is C21H26F3N5O2. The molecule has 2 rings (SSSR count). The summed E-state index contributed by atoms with van der Waals surface area (Å²) in [6, 6.07) is 0. The lowest BCUT2D eigenvalue weighted by Gasteiger charge is -2.31. The molecule has 1 aromatic heterocycles. The second-order valence-corrected chi connectivity index (χ2v) is 6.99. The van der Waals surface area contributed by atoms with Gasteiger partial charge in [0.05, 0.1) is 5.56 Å². The fraction of sp³-hybridized carbons (Fsp3) is 0.381. The van der Waals surface area contributed by atoms with Crippen LogP contribution < -0.4 is 11.1 Å². The number of piperidine rings is 1. The number of nitrogens with two attached hydrogens (primary N) is 1. The van der Waals surface area contributed by atoms with Crippen molar-refractivity contribution in [2.24, 2.45) is 5.92 Å². The maximum absolute atomic E-state index is 12.3. The van der Waals surface area contributed by atoms with Gasteiger partial charge in [0.15, 0.2) is 0 Å². The van der Waals surface area contributed by atoms with Crippen molar-refractivity contribution in [1.29, 1.82) is 0 Å². The van der Waals surface area contributed by atoms with Gasteiger partial charge in [-0.15, -0.1) is 13.2 Å². The number of hydrogen-bond acceptors (Lipinski definition) is 6. The van der Waals surface area contributed by atoms with Crippen LogP contribution in [0, 0.1) is 5.92 Å². The summed E-state index contributed by atoms with van der Waals surface area (Å²) in [5.41, 5.74) is 6.90. The van der Waals surface area contributed by atoms with Gasteiger partial charge in [-0.2, -0.15) is 0 Å². The molecule has 1 saturated heterocycles. The van der Waals surface area contributed by atoms with Crippen LogP contribution in [-0.4, -0.2) is 46.8 Å². The number of anilines is 2. The van der Waals surface area contributed by atoms with Crippen LogP contribution in [0.25, 0.3) is 5.57 Å². The van der Waals surface area contributed by atoms with Gasteiger partial charge in [-0.05, 0) is 43.4 Å². The lowest BCUT2D eigenvalue weighted by atomic mass is 9.96. The molecule has 1 aliphatic rings. The van der Waals surface area contributed by atoms with Gasteiger partial charge in [0, 0.05) is 19.6 Å². The predicted molar refractivity (Wildman–Crippen MR) is 114 cm³/mol. The summed E-state index contributed by atoms with van der Waals surface area (Å²) in [6.45, 7) is 10.3. The van der Waals surface area contributed by atoms with E-state index >= 15 is 0 Å². The summed E-state index contributed by atoms with van der Waals surface area (Å²) in [6.07, 6.45) is 3.54. The Bertz CT molecular complexity index is 872. The Morgan fingerprint density at radius 3 is 2.55 bits per heavy atom. The summed E-state index contributed by atoms with van der Waals surface area (Å²) in [5.74, 6) is 0.522. The first-order valence-corrected chi connectivity index (χ1v) is 9.67. The highest BCUT2D eigenvalue weighted by molar-refractivity contribution is 5.87. The van der Waals surface area contributed by atoms with E-state index in [1.807, 2.05) is 0 Å². The van der Waals surface area contributed by atoms with Crippen LogP contribution in [-0.2, 0) is 9.53 Å². The van der Waals surface area contributed by atoms with Crippen LogP contribution in [0.4, 0.5) is 24.8 Å². The standard InChI is InChI=1S/C21H26F3N5O2/c1-4-16(7-6-14(3)31-21(22,23)24)18-19(25)27-13-28-20(18)26-12-15-8-10-29(11-9-15)17(30)5-2/h4-7,13,15H,1-2,8-12H2,3H3,(H3,25,26,27,28)/b14-6+,16-7+. The molecule has 0 bridgehead atoms. The number of likely N-dealkylation sites (tertiary alicyclic amines) is 1. The van der Waals surface area contributed by atoms with E-state index in [1.165, 1.54) is 37.6 Å². The van der Waals surface area contributed by atoms with Crippen molar-refractivity contribution in [2.75, 3.05) is 30.7 Å². The predicted octanol–water partition coefficient (Wildman–Crippen LogP) is 3.90. The smallest absolute Gasteiger partial charge is 0.411 e. The molecule has 3 N–H and O–H groups in total. The van der Waals surface area contributed by atoms with Crippen LogP contribution in [0.1, 0.15) is 25.3 Å². The molecule has 0 saturated carbocycles. The summed E-state index contributed by atoms with van der Waals surface area (Å²) in [4.78, 5) is 21.7. The van der Waals surface area contributed by atoms with E-state index < -0.39 is 6.36 Å². The number of allylic oxidation sites excluding steroid dienone is 5. The minimum Gasteiger partial charge on any atom is -0.411 e. The zero-order chi connectivity index (χ0) is 23.0. The van der Waals surface area contributed by atoms with Crippen LogP contribution in [0.5, 0.6) is 0 Å². The maximum atomic E-state index is 12.3. The molecule has 7 nitrogen and oxygen atoms in total. The number of nitrogen functional groups attached to an aromatic ring is 1. The van der Waals surface area contributed by atoms with E-state index in [0.717, 1.165) is 12.8 Å². The number of aromatic nitrogens is 2. The zero-order valence-corrected chi connectivity index (χ0v) is 17.3. The van der Waals surface area contributed by atoms with E-state index in [-0.39, 0.29) is 17.5 Å². The molecule has 0 spiro atoms. The molecule has 0 aliphatic carbocycles. The average molecular weight is 437 g/mol. The number of alkyl halides is 3. The first-order valence-electron chi connectivity index (χ1n) is 9.67. The molecule has 2 heterocycles. The normalized spacial score (nSPS) is 16.1. The van der Waals surface area contributed by atoms with Crippen molar-refractivity contribution in [3.8, 4) is 0 Å². The first kappa shape index (κ1) is 24.0. The molecule has 10 heteroatoms. The molecule has 1 aromatic rings. The molecule has 1 aliphatic heterocycles. The quantitative estimate of drug-likeness (QED) is 0.364. The minimum absolute atomic E-state index is 0.0733. The Labute approximate surface area is 179 Å². The molecule has 168 valence electrons. The lowest BCUT2D eigenvalue weighted by Crippen LogP contribution is -2.39. The third-order valence-electron chi connectivity index (χ3n) is 4.82. The molecule has 31 heavy (non-hydrogen) atoms. The Morgan fingerprint density at radius 2 is 1.97 bits per heavy atom. The van der Waals surface area contributed by atoms with E-state index in [1.54, 1.807) is 4.90 Å². The highest BCUT2D eigenvalue weighted by Gasteiger charge is 2.30. The van der Waals surface area contributed by atoms with Crippen molar-refractivity contribution in [2.45, 2.75) is 26.1 Å². The molecular weight excluding hydrogens is 411 g/mol. The van der Waals surface area contributed by atoms with Gasteiger partial charge < -0.3 is 20.7 Å². The highest BCUT2D eigenvalue weighted by atomic mass is 19.4. The first-order chi connectivity index (χ1) is 14.6. The molecule has 1 amide bonds. The number of rotatable bonds is 8. The van der Waals surface area contributed by atoms with E-state index in [0.29, 0.717) is 42.5 Å². The zero-order valence-electron chi connectivity index (χ0n) is 17.3. The van der Waals surface area contributed by atoms with Gasteiger partial charge in [0.25, 0.3) is 0 Å². The highest BCUT2D eigenvalue weighted by Crippen LogP contribution is 2.29. The van der Waals surface area contributed by atoms with Crippen molar-refractivity contribution in [1.82, 2.24) is 14.9 Å². The third-order valence-corrected chi connectivity index (χ3v) is 4.82. The van der Waals surface area contributed by atoms with Gasteiger partial charge in [-0.3, -0.25) is 4.79 Å². The summed E-state index contributed by atoms with van der Waals surface area (Å²) in [7, 11) is 0. The van der Waals surface area contributed by atoms with Crippen molar-refractivity contribution in [3.63, 3.8) is 0 Å². The minimum atomic E-state index is -4.77. The van der Waals surface area contributed by atoms with E-state index in [4.69, 9.17) is 5.73 Å². The monoisotopic (exact) mass is 437 g/mol. The fourth-order valence-corrected chi connectivity index (χ4v) is 3.22.